The number of nitrogens with zero attached hydrogens (tertiary/aromatic N) is 5. The number of benzene rings is 1. The van der Waals surface area contributed by atoms with Gasteiger partial charge >= 0.3 is 0 Å². The number of nitrogens with two attached hydrogens (primary N) is 1. The molecule has 24 heavy (non-hydrogen) atoms. The van der Waals surface area contributed by atoms with Crippen LogP contribution in [0.3, 0.4) is 0 Å². The number of para-hydroxylation sites is 1. The van der Waals surface area contributed by atoms with Crippen molar-refractivity contribution in [2.45, 2.75) is 25.8 Å². The van der Waals surface area contributed by atoms with E-state index in [2.05, 4.69) is 40.3 Å². The zero-order valence-electron chi connectivity index (χ0n) is 13.3. The van der Waals surface area contributed by atoms with Crippen LogP contribution in [0.25, 0.3) is 10.2 Å². The predicted octanol–water partition coefficient (Wildman–Crippen LogP) is 2.14. The van der Waals surface area contributed by atoms with Gasteiger partial charge in [0.05, 0.1) is 22.5 Å². The van der Waals surface area contributed by atoms with Gasteiger partial charge in [0.25, 0.3) is 5.91 Å². The Morgan fingerprint density at radius 1 is 1.33 bits per heavy atom. The van der Waals surface area contributed by atoms with E-state index in [-0.39, 0.29) is 11.7 Å². The minimum atomic E-state index is -0.538. The summed E-state index contributed by atoms with van der Waals surface area (Å²) in [4.78, 5) is 18.3. The number of anilines is 1. The summed E-state index contributed by atoms with van der Waals surface area (Å²) in [5.41, 5.74) is 7.77. The average Bonchev–Trinajstić information content (AvgIpc) is 3.23. The first-order valence-electron chi connectivity index (χ1n) is 7.94. The lowest BCUT2D eigenvalue weighted by Crippen LogP contribution is -2.34. The summed E-state index contributed by atoms with van der Waals surface area (Å²) in [6.07, 6.45) is 3.52. The fourth-order valence-electron chi connectivity index (χ4n) is 3.10. The zero-order valence-corrected chi connectivity index (χ0v) is 14.2. The number of carbonyl (C=O) groups excluding carboxylic acids is 1. The molecule has 1 aromatic carbocycles. The topological polar surface area (TPSA) is 89.9 Å². The summed E-state index contributed by atoms with van der Waals surface area (Å²) in [5, 5.41) is 8.94. The quantitative estimate of drug-likeness (QED) is 0.787. The molecule has 1 fully saturated rings. The van der Waals surface area contributed by atoms with Crippen molar-refractivity contribution in [1.82, 2.24) is 20.0 Å². The highest BCUT2D eigenvalue weighted by Crippen LogP contribution is 2.33. The van der Waals surface area contributed by atoms with Crippen LogP contribution < -0.4 is 10.6 Å². The van der Waals surface area contributed by atoms with Crippen LogP contribution in [0.5, 0.6) is 0 Å². The van der Waals surface area contributed by atoms with Crippen molar-refractivity contribution >= 4 is 32.6 Å². The fraction of sp³-hybridized carbons (Fsp3) is 0.375. The Kier molecular flexibility index (Phi) is 3.68. The van der Waals surface area contributed by atoms with Crippen molar-refractivity contribution in [3.8, 4) is 0 Å². The summed E-state index contributed by atoms with van der Waals surface area (Å²) in [6, 6.07) is 6.54. The predicted molar refractivity (Wildman–Crippen MR) is 93.4 cm³/mol. The van der Waals surface area contributed by atoms with Crippen LogP contribution in [0.15, 0.2) is 24.4 Å². The van der Waals surface area contributed by atoms with Gasteiger partial charge in [0.15, 0.2) is 10.8 Å². The van der Waals surface area contributed by atoms with Gasteiger partial charge in [0.2, 0.25) is 0 Å². The maximum Gasteiger partial charge on any atom is 0.270 e. The molecule has 124 valence electrons. The molecule has 0 unspecified atom stereocenters. The number of fused-ring (bicyclic) bond motifs is 1. The lowest BCUT2D eigenvalue weighted by molar-refractivity contribution is 0.0995. The van der Waals surface area contributed by atoms with Crippen molar-refractivity contribution < 1.29 is 4.79 Å². The van der Waals surface area contributed by atoms with Gasteiger partial charge in [0.1, 0.15) is 0 Å². The van der Waals surface area contributed by atoms with Gasteiger partial charge in [-0.2, -0.15) is 0 Å². The second-order valence-electron chi connectivity index (χ2n) is 6.08. The first kappa shape index (κ1) is 15.1. The van der Waals surface area contributed by atoms with Gasteiger partial charge in [-0.25, -0.2) is 9.67 Å². The van der Waals surface area contributed by atoms with Crippen molar-refractivity contribution in [3.63, 3.8) is 0 Å². The number of thiazole rings is 1. The minimum Gasteiger partial charge on any atom is -0.364 e. The van der Waals surface area contributed by atoms with Gasteiger partial charge in [-0.3, -0.25) is 4.79 Å². The monoisotopic (exact) mass is 342 g/mol. The third-order valence-corrected chi connectivity index (χ3v) is 5.56. The third-order valence-electron chi connectivity index (χ3n) is 4.48. The molecule has 3 aromatic rings. The SMILES string of the molecule is Cc1cccc2sc(N3CCC(n4cc(C(N)=O)nn4)CC3)nc12. The molecule has 0 bridgehead atoms. The van der Waals surface area contributed by atoms with Crippen LogP contribution in [0.4, 0.5) is 5.13 Å². The smallest absolute Gasteiger partial charge is 0.270 e. The minimum absolute atomic E-state index is 0.221. The first-order chi connectivity index (χ1) is 11.6. The lowest BCUT2D eigenvalue weighted by Gasteiger charge is -2.31. The second kappa shape index (κ2) is 5.86. The first-order valence-corrected chi connectivity index (χ1v) is 8.76. The molecule has 2 aromatic heterocycles. The second-order valence-corrected chi connectivity index (χ2v) is 7.09. The Labute approximate surface area is 143 Å². The normalized spacial score (nSPS) is 16.0. The largest absolute Gasteiger partial charge is 0.364 e. The van der Waals surface area contributed by atoms with Crippen molar-refractivity contribution in [2.75, 3.05) is 18.0 Å². The van der Waals surface area contributed by atoms with E-state index in [1.807, 2.05) is 0 Å². The van der Waals surface area contributed by atoms with Crippen LogP contribution in [0.2, 0.25) is 0 Å². The number of amides is 1. The van der Waals surface area contributed by atoms with Gasteiger partial charge < -0.3 is 10.6 Å². The number of hydrogen-bond donors (Lipinski definition) is 1. The summed E-state index contributed by atoms with van der Waals surface area (Å²) >= 11 is 1.74. The molecular formula is C16H18N6OS. The van der Waals surface area contributed by atoms with Crippen LogP contribution in [0.1, 0.15) is 34.9 Å². The Balaban J connectivity index is 1.48. The van der Waals surface area contributed by atoms with Crippen LogP contribution >= 0.6 is 11.3 Å². The number of piperidine rings is 1. The number of aromatic nitrogens is 4. The molecule has 4 rings (SSSR count). The Morgan fingerprint density at radius 3 is 2.79 bits per heavy atom. The molecule has 0 spiro atoms. The van der Waals surface area contributed by atoms with E-state index in [1.54, 1.807) is 22.2 Å². The summed E-state index contributed by atoms with van der Waals surface area (Å²) in [6.45, 7) is 3.92. The molecule has 3 heterocycles. The number of primary amides is 1. The van der Waals surface area contributed by atoms with E-state index >= 15 is 0 Å². The molecule has 7 nitrogen and oxygen atoms in total. The zero-order chi connectivity index (χ0) is 16.7. The molecule has 0 aliphatic carbocycles. The standard InChI is InChI=1S/C16H18N6OS/c1-10-3-2-4-13-14(10)18-16(24-13)21-7-5-11(6-8-21)22-9-12(15(17)23)19-20-22/h2-4,9,11H,5-8H2,1H3,(H2,17,23). The Bertz CT molecular complexity index is 893. The molecular weight excluding hydrogens is 324 g/mol. The van der Waals surface area contributed by atoms with Crippen LogP contribution in [-0.4, -0.2) is 39.0 Å². The van der Waals surface area contributed by atoms with Crippen molar-refractivity contribution in [2.24, 2.45) is 5.73 Å². The van der Waals surface area contributed by atoms with Gasteiger partial charge in [-0.1, -0.05) is 28.7 Å². The van der Waals surface area contributed by atoms with E-state index in [0.717, 1.165) is 36.6 Å². The molecule has 0 atom stereocenters. The average molecular weight is 342 g/mol. The van der Waals surface area contributed by atoms with Crippen molar-refractivity contribution in [3.05, 3.63) is 35.7 Å². The highest BCUT2D eigenvalue weighted by Gasteiger charge is 2.24. The Morgan fingerprint density at radius 2 is 2.12 bits per heavy atom. The van der Waals surface area contributed by atoms with E-state index in [4.69, 9.17) is 10.7 Å². The number of rotatable bonds is 3. The van der Waals surface area contributed by atoms with E-state index in [0.29, 0.717) is 0 Å². The van der Waals surface area contributed by atoms with Crippen LogP contribution in [-0.2, 0) is 0 Å². The Hall–Kier alpha value is -2.48. The van der Waals surface area contributed by atoms with Gasteiger partial charge in [-0.15, -0.1) is 5.10 Å². The van der Waals surface area contributed by atoms with E-state index in [1.165, 1.54) is 10.3 Å². The molecule has 0 saturated carbocycles. The number of aryl methyl sites for hydroxylation is 1. The molecule has 1 aliphatic heterocycles. The molecule has 8 heteroatoms. The van der Waals surface area contributed by atoms with E-state index < -0.39 is 5.91 Å². The molecule has 0 radical (unpaired) electrons. The van der Waals surface area contributed by atoms with Crippen molar-refractivity contribution in [1.29, 1.82) is 0 Å². The number of hydrogen-bond acceptors (Lipinski definition) is 6. The molecule has 1 aliphatic rings. The highest BCUT2D eigenvalue weighted by atomic mass is 32.1. The molecule has 1 saturated heterocycles. The molecule has 2 N–H and O–H groups in total. The number of carbonyl (C=O) groups is 1. The van der Waals surface area contributed by atoms with Crippen LogP contribution in [0, 0.1) is 6.92 Å². The summed E-state index contributed by atoms with van der Waals surface area (Å²) in [7, 11) is 0. The van der Waals surface area contributed by atoms with Gasteiger partial charge in [0, 0.05) is 13.1 Å². The summed E-state index contributed by atoms with van der Waals surface area (Å²) in [5.74, 6) is -0.538. The maximum atomic E-state index is 11.1. The fourth-order valence-corrected chi connectivity index (χ4v) is 4.19. The highest BCUT2D eigenvalue weighted by molar-refractivity contribution is 7.22. The third kappa shape index (κ3) is 2.62. The maximum absolute atomic E-state index is 11.1. The summed E-state index contributed by atoms with van der Waals surface area (Å²) < 4.78 is 2.99. The molecule has 1 amide bonds. The van der Waals surface area contributed by atoms with Gasteiger partial charge in [-0.05, 0) is 31.4 Å². The lowest BCUT2D eigenvalue weighted by atomic mass is 10.1. The van der Waals surface area contributed by atoms with E-state index in [9.17, 15) is 4.79 Å².